The molecule has 33 heavy (non-hydrogen) atoms. The lowest BCUT2D eigenvalue weighted by Gasteiger charge is -2.27. The summed E-state index contributed by atoms with van der Waals surface area (Å²) in [5.41, 5.74) is 3.43. The summed E-state index contributed by atoms with van der Waals surface area (Å²) in [6.45, 7) is 5.79. The van der Waals surface area contributed by atoms with Gasteiger partial charge in [0.05, 0.1) is 11.6 Å². The van der Waals surface area contributed by atoms with Gasteiger partial charge in [0, 0.05) is 38.3 Å². The molecule has 1 fully saturated rings. The van der Waals surface area contributed by atoms with E-state index in [0.717, 1.165) is 42.9 Å². The third-order valence-electron chi connectivity index (χ3n) is 5.88. The number of amides is 2. The van der Waals surface area contributed by atoms with Crippen LogP contribution in [0.4, 0.5) is 0 Å². The van der Waals surface area contributed by atoms with Crippen molar-refractivity contribution in [1.29, 1.82) is 5.26 Å². The van der Waals surface area contributed by atoms with Gasteiger partial charge in [0.15, 0.2) is 0 Å². The molecule has 6 nitrogen and oxygen atoms in total. The van der Waals surface area contributed by atoms with Crippen LogP contribution in [0.15, 0.2) is 48.5 Å². The largest absolute Gasteiger partial charge is 0.340 e. The molecule has 7 heteroatoms. The molecule has 1 N–H and O–H groups in total. The van der Waals surface area contributed by atoms with Crippen molar-refractivity contribution in [2.75, 3.05) is 38.2 Å². The Morgan fingerprint density at radius 3 is 2.61 bits per heavy atom. The molecule has 1 atom stereocenters. The minimum atomic E-state index is -0.518. The summed E-state index contributed by atoms with van der Waals surface area (Å²) in [5, 5.41) is 12.0. The van der Waals surface area contributed by atoms with E-state index in [-0.39, 0.29) is 11.8 Å². The SMILES string of the molecule is CSCCC(NC(=O)c1cccc(C)c1)C(=O)N1CCCN(Cc2ccc(C#N)cc2)CC1. The number of nitrogens with zero attached hydrogens (tertiary/aromatic N) is 3. The number of thioether (sulfide) groups is 1. The van der Waals surface area contributed by atoms with Crippen LogP contribution in [0.3, 0.4) is 0 Å². The number of hydrogen-bond acceptors (Lipinski definition) is 5. The van der Waals surface area contributed by atoms with E-state index < -0.39 is 6.04 Å². The predicted molar refractivity (Wildman–Crippen MR) is 133 cm³/mol. The van der Waals surface area contributed by atoms with Crippen molar-refractivity contribution in [3.05, 3.63) is 70.8 Å². The summed E-state index contributed by atoms with van der Waals surface area (Å²) in [6, 6.07) is 16.7. The number of nitriles is 1. The van der Waals surface area contributed by atoms with Crippen molar-refractivity contribution < 1.29 is 9.59 Å². The summed E-state index contributed by atoms with van der Waals surface area (Å²) in [6.07, 6.45) is 3.52. The van der Waals surface area contributed by atoms with Gasteiger partial charge in [-0.1, -0.05) is 29.8 Å². The number of hydrogen-bond donors (Lipinski definition) is 1. The molecular weight excluding hydrogens is 432 g/mol. The summed E-state index contributed by atoms with van der Waals surface area (Å²) in [4.78, 5) is 30.4. The number of nitrogens with one attached hydrogen (secondary N) is 1. The van der Waals surface area contributed by atoms with E-state index in [4.69, 9.17) is 5.26 Å². The van der Waals surface area contributed by atoms with Gasteiger partial charge in [-0.3, -0.25) is 14.5 Å². The lowest BCUT2D eigenvalue weighted by molar-refractivity contribution is -0.133. The molecule has 0 aromatic heterocycles. The third kappa shape index (κ3) is 7.34. The van der Waals surface area contributed by atoms with Gasteiger partial charge in [0.25, 0.3) is 5.91 Å². The topological polar surface area (TPSA) is 76.4 Å². The first-order valence-corrected chi connectivity index (χ1v) is 12.8. The highest BCUT2D eigenvalue weighted by atomic mass is 32.2. The molecule has 1 saturated heterocycles. The van der Waals surface area contributed by atoms with E-state index in [0.29, 0.717) is 30.6 Å². The number of benzene rings is 2. The number of aryl methyl sites for hydroxylation is 1. The summed E-state index contributed by atoms with van der Waals surface area (Å²) in [5.74, 6) is 0.615. The lowest BCUT2D eigenvalue weighted by Crippen LogP contribution is -2.49. The Labute approximate surface area is 201 Å². The fourth-order valence-corrected chi connectivity index (χ4v) is 4.51. The fraction of sp³-hybridized carbons (Fsp3) is 0.423. The number of carbonyl (C=O) groups is 2. The molecule has 0 saturated carbocycles. The molecular formula is C26H32N4O2S. The zero-order valence-corrected chi connectivity index (χ0v) is 20.2. The highest BCUT2D eigenvalue weighted by Crippen LogP contribution is 2.13. The lowest BCUT2D eigenvalue weighted by atomic mass is 10.1. The Bertz CT molecular complexity index is 987. The molecule has 3 rings (SSSR count). The van der Waals surface area contributed by atoms with Crippen LogP contribution in [0.5, 0.6) is 0 Å². The Morgan fingerprint density at radius 2 is 1.91 bits per heavy atom. The maximum absolute atomic E-state index is 13.4. The molecule has 0 spiro atoms. The maximum atomic E-state index is 13.4. The molecule has 2 amide bonds. The highest BCUT2D eigenvalue weighted by molar-refractivity contribution is 7.98. The zero-order valence-electron chi connectivity index (χ0n) is 19.4. The van der Waals surface area contributed by atoms with Crippen LogP contribution < -0.4 is 5.32 Å². The minimum Gasteiger partial charge on any atom is -0.340 e. The van der Waals surface area contributed by atoms with Gasteiger partial charge in [-0.25, -0.2) is 0 Å². The van der Waals surface area contributed by atoms with Crippen LogP contribution in [0, 0.1) is 18.3 Å². The van der Waals surface area contributed by atoms with Crippen LogP contribution in [-0.4, -0.2) is 65.8 Å². The van der Waals surface area contributed by atoms with E-state index >= 15 is 0 Å². The van der Waals surface area contributed by atoms with Gasteiger partial charge in [-0.15, -0.1) is 0 Å². The van der Waals surface area contributed by atoms with E-state index in [1.54, 1.807) is 17.8 Å². The van der Waals surface area contributed by atoms with Crippen LogP contribution in [0.25, 0.3) is 0 Å². The second-order valence-electron chi connectivity index (χ2n) is 8.44. The summed E-state index contributed by atoms with van der Waals surface area (Å²) >= 11 is 1.68. The first kappa shape index (κ1) is 24.8. The van der Waals surface area contributed by atoms with Crippen molar-refractivity contribution in [1.82, 2.24) is 15.1 Å². The van der Waals surface area contributed by atoms with E-state index in [2.05, 4.69) is 16.3 Å². The van der Waals surface area contributed by atoms with Gasteiger partial charge in [-0.05, 0) is 61.6 Å². The molecule has 1 heterocycles. The molecule has 0 aliphatic carbocycles. The van der Waals surface area contributed by atoms with Crippen molar-refractivity contribution in [3.63, 3.8) is 0 Å². The normalized spacial score (nSPS) is 15.4. The quantitative estimate of drug-likeness (QED) is 0.648. The Morgan fingerprint density at radius 1 is 1.12 bits per heavy atom. The van der Waals surface area contributed by atoms with Crippen LogP contribution in [-0.2, 0) is 11.3 Å². The maximum Gasteiger partial charge on any atom is 0.251 e. The van der Waals surface area contributed by atoms with Crippen LogP contribution in [0.2, 0.25) is 0 Å². The standard InChI is InChI=1S/C26H32N4O2S/c1-20-5-3-6-23(17-20)25(31)28-24(11-16-33-2)26(32)30-13-4-12-29(14-15-30)19-22-9-7-21(18-27)8-10-22/h3,5-10,17,24H,4,11-16,19H2,1-2H3,(H,28,31). The smallest absolute Gasteiger partial charge is 0.251 e. The second-order valence-corrected chi connectivity index (χ2v) is 9.43. The Hall–Kier alpha value is -2.82. The van der Waals surface area contributed by atoms with Gasteiger partial charge < -0.3 is 10.2 Å². The average Bonchev–Trinajstić information content (AvgIpc) is 3.07. The predicted octanol–water partition coefficient (Wildman–Crippen LogP) is 3.45. The van der Waals surface area contributed by atoms with E-state index in [1.807, 2.05) is 60.5 Å². The van der Waals surface area contributed by atoms with Gasteiger partial charge >= 0.3 is 0 Å². The zero-order chi connectivity index (χ0) is 23.6. The molecule has 1 aliphatic rings. The van der Waals surface area contributed by atoms with Crippen LogP contribution in [0.1, 0.15) is 39.9 Å². The van der Waals surface area contributed by atoms with Gasteiger partial charge in [0.1, 0.15) is 6.04 Å². The molecule has 0 radical (unpaired) electrons. The highest BCUT2D eigenvalue weighted by Gasteiger charge is 2.27. The van der Waals surface area contributed by atoms with Crippen molar-refractivity contribution in [2.45, 2.75) is 32.4 Å². The van der Waals surface area contributed by atoms with Crippen molar-refractivity contribution >= 4 is 23.6 Å². The average molecular weight is 465 g/mol. The fourth-order valence-electron chi connectivity index (χ4n) is 4.03. The summed E-state index contributed by atoms with van der Waals surface area (Å²) < 4.78 is 0. The Balaban J connectivity index is 1.61. The summed E-state index contributed by atoms with van der Waals surface area (Å²) in [7, 11) is 0. The van der Waals surface area contributed by atoms with E-state index in [1.165, 1.54) is 0 Å². The number of carbonyl (C=O) groups excluding carboxylic acids is 2. The number of rotatable bonds is 8. The van der Waals surface area contributed by atoms with Gasteiger partial charge in [-0.2, -0.15) is 17.0 Å². The molecule has 2 aromatic rings. The third-order valence-corrected chi connectivity index (χ3v) is 6.53. The second kappa shape index (κ2) is 12.4. The molecule has 2 aromatic carbocycles. The van der Waals surface area contributed by atoms with Gasteiger partial charge in [0.2, 0.25) is 5.91 Å². The molecule has 174 valence electrons. The van der Waals surface area contributed by atoms with E-state index in [9.17, 15) is 9.59 Å². The minimum absolute atomic E-state index is 0.00489. The van der Waals surface area contributed by atoms with Crippen LogP contribution >= 0.6 is 11.8 Å². The van der Waals surface area contributed by atoms with Crippen molar-refractivity contribution in [2.24, 2.45) is 0 Å². The molecule has 1 aliphatic heterocycles. The monoisotopic (exact) mass is 464 g/mol. The first-order chi connectivity index (χ1) is 16.0. The molecule has 0 bridgehead atoms. The Kier molecular flexibility index (Phi) is 9.35. The first-order valence-electron chi connectivity index (χ1n) is 11.4. The van der Waals surface area contributed by atoms with Crippen molar-refractivity contribution in [3.8, 4) is 6.07 Å². The molecule has 1 unspecified atom stereocenters.